The average Bonchev–Trinajstić information content (AvgIpc) is 2.59. The van der Waals surface area contributed by atoms with Gasteiger partial charge in [0.25, 0.3) is 5.91 Å². The maximum Gasteiger partial charge on any atom is 0.258 e. The first-order chi connectivity index (χ1) is 11.1. The van der Waals surface area contributed by atoms with E-state index < -0.39 is 0 Å². The van der Waals surface area contributed by atoms with Crippen molar-refractivity contribution in [1.29, 1.82) is 5.26 Å². The van der Waals surface area contributed by atoms with Crippen LogP contribution in [0.4, 0.5) is 0 Å². The Kier molecular flexibility index (Phi) is 5.76. The molecule has 0 aliphatic heterocycles. The molecule has 0 heterocycles. The van der Waals surface area contributed by atoms with Crippen LogP contribution in [-0.2, 0) is 4.79 Å². The first-order valence-corrected chi connectivity index (χ1v) is 7.61. The lowest BCUT2D eigenvalue weighted by molar-refractivity contribution is -0.123. The molecule has 118 valence electrons. The number of hydrogen-bond donors (Lipinski definition) is 1. The van der Waals surface area contributed by atoms with Crippen LogP contribution >= 0.6 is 0 Å². The summed E-state index contributed by atoms with van der Waals surface area (Å²) >= 11 is 0. The van der Waals surface area contributed by atoms with Gasteiger partial charge in [-0.05, 0) is 43.2 Å². The van der Waals surface area contributed by atoms with E-state index in [1.807, 2.05) is 44.2 Å². The fraction of sp³-hybridized carbons (Fsp3) is 0.263. The van der Waals surface area contributed by atoms with Gasteiger partial charge in [-0.25, -0.2) is 0 Å². The summed E-state index contributed by atoms with van der Waals surface area (Å²) in [5.41, 5.74) is 2.84. The Morgan fingerprint density at radius 3 is 2.39 bits per heavy atom. The van der Waals surface area contributed by atoms with Gasteiger partial charge in [-0.2, -0.15) is 5.26 Å². The normalized spacial score (nSPS) is 11.3. The molecular formula is C19H20N2O2. The zero-order valence-corrected chi connectivity index (χ0v) is 13.4. The third kappa shape index (κ3) is 4.86. The molecule has 0 aromatic heterocycles. The zero-order valence-electron chi connectivity index (χ0n) is 13.4. The van der Waals surface area contributed by atoms with Crippen molar-refractivity contribution >= 4 is 5.91 Å². The highest BCUT2D eigenvalue weighted by atomic mass is 16.5. The van der Waals surface area contributed by atoms with Crippen molar-refractivity contribution in [3.8, 4) is 11.8 Å². The topological polar surface area (TPSA) is 62.1 Å². The Labute approximate surface area is 136 Å². The number of hydrogen-bond acceptors (Lipinski definition) is 3. The third-order valence-corrected chi connectivity index (χ3v) is 3.58. The maximum absolute atomic E-state index is 12.1. The van der Waals surface area contributed by atoms with Gasteiger partial charge >= 0.3 is 0 Å². The SMILES string of the molecule is CCC(NC(=O)COc1ccc(C#N)cc1)c1ccc(C)cc1. The summed E-state index contributed by atoms with van der Waals surface area (Å²) in [4.78, 5) is 12.1. The van der Waals surface area contributed by atoms with Crippen molar-refractivity contribution in [2.24, 2.45) is 0 Å². The van der Waals surface area contributed by atoms with E-state index in [0.717, 1.165) is 12.0 Å². The summed E-state index contributed by atoms with van der Waals surface area (Å²) in [6, 6.07) is 16.9. The first-order valence-electron chi connectivity index (χ1n) is 7.61. The van der Waals surface area contributed by atoms with Gasteiger partial charge in [-0.15, -0.1) is 0 Å². The molecule has 0 aliphatic carbocycles. The number of nitriles is 1. The summed E-state index contributed by atoms with van der Waals surface area (Å²) in [7, 11) is 0. The largest absolute Gasteiger partial charge is 0.484 e. The van der Waals surface area contributed by atoms with Crippen molar-refractivity contribution in [2.45, 2.75) is 26.3 Å². The van der Waals surface area contributed by atoms with Gasteiger partial charge in [0.15, 0.2) is 6.61 Å². The Hall–Kier alpha value is -2.80. The predicted octanol–water partition coefficient (Wildman–Crippen LogP) is 3.51. The number of rotatable bonds is 6. The van der Waals surface area contributed by atoms with Crippen LogP contribution in [0.2, 0.25) is 0 Å². The van der Waals surface area contributed by atoms with Crippen LogP contribution in [-0.4, -0.2) is 12.5 Å². The molecule has 1 amide bonds. The minimum Gasteiger partial charge on any atom is -0.484 e. The highest BCUT2D eigenvalue weighted by molar-refractivity contribution is 5.78. The Morgan fingerprint density at radius 2 is 1.83 bits per heavy atom. The highest BCUT2D eigenvalue weighted by Crippen LogP contribution is 2.17. The van der Waals surface area contributed by atoms with Gasteiger partial charge in [0.2, 0.25) is 0 Å². The van der Waals surface area contributed by atoms with E-state index in [-0.39, 0.29) is 18.6 Å². The Bertz CT molecular complexity index is 685. The molecule has 0 saturated carbocycles. The number of nitrogens with one attached hydrogen (secondary N) is 1. The molecule has 2 rings (SSSR count). The quantitative estimate of drug-likeness (QED) is 0.888. The molecule has 0 aliphatic rings. The summed E-state index contributed by atoms with van der Waals surface area (Å²) < 4.78 is 5.45. The summed E-state index contributed by atoms with van der Waals surface area (Å²) in [6.45, 7) is 4.02. The molecule has 0 fully saturated rings. The second-order valence-electron chi connectivity index (χ2n) is 5.36. The van der Waals surface area contributed by atoms with Crippen LogP contribution in [0.3, 0.4) is 0 Å². The number of aryl methyl sites for hydroxylation is 1. The Balaban J connectivity index is 1.89. The number of nitrogens with zero attached hydrogens (tertiary/aromatic N) is 1. The third-order valence-electron chi connectivity index (χ3n) is 3.58. The fourth-order valence-corrected chi connectivity index (χ4v) is 2.23. The molecule has 0 radical (unpaired) electrons. The van der Waals surface area contributed by atoms with Crippen molar-refractivity contribution in [3.63, 3.8) is 0 Å². The van der Waals surface area contributed by atoms with Crippen molar-refractivity contribution in [2.75, 3.05) is 6.61 Å². The molecule has 2 aromatic carbocycles. The second kappa shape index (κ2) is 8.00. The summed E-state index contributed by atoms with van der Waals surface area (Å²) in [5.74, 6) is 0.407. The van der Waals surface area contributed by atoms with E-state index in [4.69, 9.17) is 10.00 Å². The Morgan fingerprint density at radius 1 is 1.17 bits per heavy atom. The standard InChI is InChI=1S/C19H20N2O2/c1-3-18(16-8-4-14(2)5-9-16)21-19(22)13-23-17-10-6-15(12-20)7-11-17/h4-11,18H,3,13H2,1-2H3,(H,21,22). The molecule has 0 saturated heterocycles. The summed E-state index contributed by atoms with van der Waals surface area (Å²) in [5, 5.41) is 11.7. The number of amides is 1. The second-order valence-corrected chi connectivity index (χ2v) is 5.36. The minimum absolute atomic E-state index is 0.0207. The van der Waals surface area contributed by atoms with Crippen LogP contribution < -0.4 is 10.1 Å². The van der Waals surface area contributed by atoms with Gasteiger partial charge in [-0.3, -0.25) is 4.79 Å². The van der Waals surface area contributed by atoms with Crippen molar-refractivity contribution in [1.82, 2.24) is 5.32 Å². The van der Waals surface area contributed by atoms with Crippen LogP contribution in [0.1, 0.15) is 36.1 Å². The fourth-order valence-electron chi connectivity index (χ4n) is 2.23. The zero-order chi connectivity index (χ0) is 16.7. The lowest BCUT2D eigenvalue weighted by atomic mass is 10.0. The monoisotopic (exact) mass is 308 g/mol. The lowest BCUT2D eigenvalue weighted by Gasteiger charge is -2.18. The van der Waals surface area contributed by atoms with Gasteiger partial charge in [0.05, 0.1) is 17.7 Å². The minimum atomic E-state index is -0.165. The number of ether oxygens (including phenoxy) is 1. The van der Waals surface area contributed by atoms with Crippen molar-refractivity contribution in [3.05, 3.63) is 65.2 Å². The smallest absolute Gasteiger partial charge is 0.258 e. The molecule has 4 heteroatoms. The predicted molar refractivity (Wildman–Crippen MR) is 89.0 cm³/mol. The molecule has 1 atom stereocenters. The average molecular weight is 308 g/mol. The highest BCUT2D eigenvalue weighted by Gasteiger charge is 2.13. The van der Waals surface area contributed by atoms with E-state index in [2.05, 4.69) is 5.32 Å². The van der Waals surface area contributed by atoms with E-state index in [9.17, 15) is 4.79 Å². The lowest BCUT2D eigenvalue weighted by Crippen LogP contribution is -2.32. The number of benzene rings is 2. The number of carbonyl (C=O) groups excluding carboxylic acids is 1. The number of carbonyl (C=O) groups is 1. The molecule has 1 N–H and O–H groups in total. The van der Waals surface area contributed by atoms with Gasteiger partial charge in [-0.1, -0.05) is 36.8 Å². The molecule has 0 bridgehead atoms. The summed E-state index contributed by atoms with van der Waals surface area (Å²) in [6.07, 6.45) is 0.811. The van der Waals surface area contributed by atoms with Crippen LogP contribution in [0.5, 0.6) is 5.75 Å². The van der Waals surface area contributed by atoms with Gasteiger partial charge < -0.3 is 10.1 Å². The van der Waals surface area contributed by atoms with E-state index in [1.54, 1.807) is 24.3 Å². The molecular weight excluding hydrogens is 288 g/mol. The van der Waals surface area contributed by atoms with E-state index >= 15 is 0 Å². The van der Waals surface area contributed by atoms with Gasteiger partial charge in [0.1, 0.15) is 5.75 Å². The molecule has 4 nitrogen and oxygen atoms in total. The van der Waals surface area contributed by atoms with E-state index in [1.165, 1.54) is 5.56 Å². The van der Waals surface area contributed by atoms with Gasteiger partial charge in [0, 0.05) is 0 Å². The van der Waals surface area contributed by atoms with Crippen LogP contribution in [0.25, 0.3) is 0 Å². The molecule has 0 spiro atoms. The van der Waals surface area contributed by atoms with E-state index in [0.29, 0.717) is 11.3 Å². The first kappa shape index (κ1) is 16.6. The molecule has 23 heavy (non-hydrogen) atoms. The maximum atomic E-state index is 12.1. The van der Waals surface area contributed by atoms with Crippen molar-refractivity contribution < 1.29 is 9.53 Å². The molecule has 1 unspecified atom stereocenters. The van der Waals surface area contributed by atoms with Crippen LogP contribution in [0.15, 0.2) is 48.5 Å². The van der Waals surface area contributed by atoms with Crippen LogP contribution in [0, 0.1) is 18.3 Å². The molecule has 2 aromatic rings.